The molecule has 0 spiro atoms. The molecule has 8 heteroatoms. The number of ether oxygens (including phenoxy) is 2. The highest BCUT2D eigenvalue weighted by Crippen LogP contribution is 1.97. The first-order valence-corrected chi connectivity index (χ1v) is 6.27. The number of aliphatic carboxylic acids is 1. The minimum absolute atomic E-state index is 0.0192. The van der Waals surface area contributed by atoms with Crippen molar-refractivity contribution in [3.05, 3.63) is 25.3 Å². The highest BCUT2D eigenvalue weighted by molar-refractivity contribution is 5.71. The van der Waals surface area contributed by atoms with E-state index in [9.17, 15) is 14.4 Å². The van der Waals surface area contributed by atoms with Crippen molar-refractivity contribution in [2.24, 2.45) is 0 Å². The van der Waals surface area contributed by atoms with Crippen LogP contribution in [0.25, 0.3) is 0 Å². The van der Waals surface area contributed by atoms with E-state index in [0.29, 0.717) is 0 Å². The van der Waals surface area contributed by atoms with E-state index >= 15 is 0 Å². The molecule has 0 bridgehead atoms. The lowest BCUT2D eigenvalue weighted by Crippen LogP contribution is -2.40. The van der Waals surface area contributed by atoms with Gasteiger partial charge in [0, 0.05) is 19.6 Å². The second-order valence-corrected chi connectivity index (χ2v) is 3.81. The highest BCUT2D eigenvalue weighted by Gasteiger charge is 2.16. The molecule has 0 saturated heterocycles. The number of amides is 2. The van der Waals surface area contributed by atoms with Gasteiger partial charge in [-0.05, 0) is 0 Å². The summed E-state index contributed by atoms with van der Waals surface area (Å²) in [5.41, 5.74) is 0. The van der Waals surface area contributed by atoms with E-state index < -0.39 is 18.2 Å². The van der Waals surface area contributed by atoms with Crippen molar-refractivity contribution in [3.8, 4) is 0 Å². The molecule has 21 heavy (non-hydrogen) atoms. The molecule has 0 unspecified atom stereocenters. The van der Waals surface area contributed by atoms with Crippen molar-refractivity contribution in [1.82, 2.24) is 10.2 Å². The lowest BCUT2D eigenvalue weighted by molar-refractivity contribution is -0.137. The summed E-state index contributed by atoms with van der Waals surface area (Å²) in [4.78, 5) is 34.6. The first kappa shape index (κ1) is 18.5. The molecule has 0 rings (SSSR count). The summed E-state index contributed by atoms with van der Waals surface area (Å²) in [6, 6.07) is 0. The van der Waals surface area contributed by atoms with Crippen LogP contribution >= 0.6 is 0 Å². The van der Waals surface area contributed by atoms with Crippen LogP contribution in [0.5, 0.6) is 0 Å². The number of carbonyl (C=O) groups is 3. The van der Waals surface area contributed by atoms with Crippen LogP contribution in [0.15, 0.2) is 25.3 Å². The SMILES string of the molecule is C=CCOC(=O)NCCN(CCC(=O)O)C(=O)OCC=C. The maximum absolute atomic E-state index is 11.7. The van der Waals surface area contributed by atoms with Crippen LogP contribution in [-0.4, -0.2) is 61.0 Å². The van der Waals surface area contributed by atoms with Crippen LogP contribution in [0.1, 0.15) is 6.42 Å². The zero-order chi connectivity index (χ0) is 16.1. The van der Waals surface area contributed by atoms with Gasteiger partial charge in [0.05, 0.1) is 6.42 Å². The Hall–Kier alpha value is -2.51. The van der Waals surface area contributed by atoms with Crippen LogP contribution in [0, 0.1) is 0 Å². The molecule has 0 fully saturated rings. The molecule has 0 aromatic rings. The molecule has 2 N–H and O–H groups in total. The molecule has 0 radical (unpaired) electrons. The van der Waals surface area contributed by atoms with Gasteiger partial charge in [0.25, 0.3) is 0 Å². The number of hydrogen-bond donors (Lipinski definition) is 2. The van der Waals surface area contributed by atoms with Crippen LogP contribution < -0.4 is 5.32 Å². The van der Waals surface area contributed by atoms with Crippen LogP contribution in [0.3, 0.4) is 0 Å². The van der Waals surface area contributed by atoms with Gasteiger partial charge in [-0.15, -0.1) is 0 Å². The fourth-order valence-corrected chi connectivity index (χ4v) is 1.23. The van der Waals surface area contributed by atoms with E-state index in [-0.39, 0.29) is 39.3 Å². The smallest absolute Gasteiger partial charge is 0.410 e. The number of alkyl carbamates (subject to hydrolysis) is 1. The Bertz CT molecular complexity index is 383. The van der Waals surface area contributed by atoms with E-state index in [2.05, 4.69) is 23.2 Å². The molecule has 0 heterocycles. The molecule has 0 aromatic heterocycles. The maximum Gasteiger partial charge on any atom is 0.410 e. The van der Waals surface area contributed by atoms with Gasteiger partial charge in [0.2, 0.25) is 0 Å². The predicted molar refractivity (Wildman–Crippen MR) is 74.9 cm³/mol. The molecular weight excluding hydrogens is 280 g/mol. The van der Waals surface area contributed by atoms with Crippen molar-refractivity contribution < 1.29 is 29.0 Å². The van der Waals surface area contributed by atoms with Gasteiger partial charge in [-0.1, -0.05) is 25.3 Å². The van der Waals surface area contributed by atoms with Crippen molar-refractivity contribution in [1.29, 1.82) is 0 Å². The summed E-state index contributed by atoms with van der Waals surface area (Å²) in [6.45, 7) is 7.10. The van der Waals surface area contributed by atoms with Gasteiger partial charge < -0.3 is 24.8 Å². The Morgan fingerprint density at radius 3 is 2.29 bits per heavy atom. The number of carbonyl (C=O) groups excluding carboxylic acids is 2. The Morgan fingerprint density at radius 1 is 1.10 bits per heavy atom. The fraction of sp³-hybridized carbons (Fsp3) is 0.462. The van der Waals surface area contributed by atoms with Gasteiger partial charge in [-0.2, -0.15) is 0 Å². The van der Waals surface area contributed by atoms with Gasteiger partial charge in [0.15, 0.2) is 0 Å². The molecule has 118 valence electrons. The summed E-state index contributed by atoms with van der Waals surface area (Å²) in [5, 5.41) is 11.1. The average molecular weight is 300 g/mol. The van der Waals surface area contributed by atoms with Crippen LogP contribution in [0.2, 0.25) is 0 Å². The minimum atomic E-state index is -1.03. The number of rotatable bonds is 10. The summed E-state index contributed by atoms with van der Waals surface area (Å²) in [5.74, 6) is -1.03. The Labute approximate surface area is 123 Å². The number of hydrogen-bond acceptors (Lipinski definition) is 5. The molecule has 2 amide bonds. The van der Waals surface area contributed by atoms with Gasteiger partial charge in [-0.25, -0.2) is 9.59 Å². The molecule has 0 aliphatic heterocycles. The third-order valence-electron chi connectivity index (χ3n) is 2.16. The lowest BCUT2D eigenvalue weighted by atomic mass is 10.4. The fourth-order valence-electron chi connectivity index (χ4n) is 1.23. The first-order chi connectivity index (χ1) is 10.0. The lowest BCUT2D eigenvalue weighted by Gasteiger charge is -2.21. The Balaban J connectivity index is 4.22. The minimum Gasteiger partial charge on any atom is -0.481 e. The number of nitrogens with zero attached hydrogens (tertiary/aromatic N) is 1. The van der Waals surface area contributed by atoms with Crippen LogP contribution in [0.4, 0.5) is 9.59 Å². The maximum atomic E-state index is 11.7. The largest absolute Gasteiger partial charge is 0.481 e. The Kier molecular flexibility index (Phi) is 9.97. The summed E-state index contributed by atoms with van der Waals surface area (Å²) >= 11 is 0. The van der Waals surface area contributed by atoms with E-state index in [1.54, 1.807) is 0 Å². The molecular formula is C13H20N2O6. The van der Waals surface area contributed by atoms with E-state index in [4.69, 9.17) is 9.84 Å². The first-order valence-electron chi connectivity index (χ1n) is 6.27. The molecule has 0 atom stereocenters. The number of carboxylic acid groups (broad SMARTS) is 1. The quantitative estimate of drug-likeness (QED) is 0.583. The second-order valence-electron chi connectivity index (χ2n) is 3.81. The molecule has 0 saturated carbocycles. The molecule has 0 aromatic carbocycles. The zero-order valence-electron chi connectivity index (χ0n) is 11.7. The van der Waals surface area contributed by atoms with Crippen LogP contribution in [-0.2, 0) is 14.3 Å². The van der Waals surface area contributed by atoms with Crippen molar-refractivity contribution in [3.63, 3.8) is 0 Å². The summed E-state index contributed by atoms with van der Waals surface area (Å²) in [7, 11) is 0. The highest BCUT2D eigenvalue weighted by atomic mass is 16.6. The topological polar surface area (TPSA) is 105 Å². The van der Waals surface area contributed by atoms with E-state index in [1.807, 2.05) is 0 Å². The molecule has 0 aliphatic carbocycles. The third-order valence-corrected chi connectivity index (χ3v) is 2.16. The standard InChI is InChI=1S/C13H20N2O6/c1-3-9-20-12(18)14-6-8-15(7-5-11(16)17)13(19)21-10-4-2/h3-4H,1-2,5-10H2,(H,14,18)(H,16,17). The van der Waals surface area contributed by atoms with Crippen molar-refractivity contribution in [2.75, 3.05) is 32.8 Å². The number of carboxylic acids is 1. The van der Waals surface area contributed by atoms with Crippen molar-refractivity contribution >= 4 is 18.2 Å². The third kappa shape index (κ3) is 10.00. The van der Waals surface area contributed by atoms with Crippen molar-refractivity contribution in [2.45, 2.75) is 6.42 Å². The molecule has 8 nitrogen and oxygen atoms in total. The van der Waals surface area contributed by atoms with Gasteiger partial charge >= 0.3 is 18.2 Å². The number of nitrogens with one attached hydrogen (secondary N) is 1. The van der Waals surface area contributed by atoms with Gasteiger partial charge in [0.1, 0.15) is 13.2 Å². The second kappa shape index (κ2) is 11.3. The predicted octanol–water partition coefficient (Wildman–Crippen LogP) is 0.998. The zero-order valence-corrected chi connectivity index (χ0v) is 11.7. The Morgan fingerprint density at radius 2 is 1.71 bits per heavy atom. The summed E-state index contributed by atoms with van der Waals surface area (Å²) in [6.07, 6.45) is 1.29. The molecule has 0 aliphatic rings. The average Bonchev–Trinajstić information content (AvgIpc) is 2.45. The normalized spacial score (nSPS) is 9.33. The van der Waals surface area contributed by atoms with Gasteiger partial charge in [-0.3, -0.25) is 4.79 Å². The van der Waals surface area contributed by atoms with E-state index in [0.717, 1.165) is 0 Å². The monoisotopic (exact) mass is 300 g/mol. The van der Waals surface area contributed by atoms with E-state index in [1.165, 1.54) is 17.1 Å². The summed E-state index contributed by atoms with van der Waals surface area (Å²) < 4.78 is 9.51.